The topological polar surface area (TPSA) is 95.0 Å². The number of esters is 1. The van der Waals surface area contributed by atoms with Gasteiger partial charge in [0.15, 0.2) is 23.0 Å². The molecule has 1 aromatic heterocycles. The summed E-state index contributed by atoms with van der Waals surface area (Å²) in [6, 6.07) is 1.46. The molecular formula is C23H35NO6. The molecule has 1 heterocycles. The molecule has 1 fully saturated rings. The molecule has 0 unspecified atom stereocenters. The molecule has 0 bridgehead atoms. The third kappa shape index (κ3) is 6.42. The number of nitrogens with zero attached hydrogens (tertiary/aromatic N) is 1. The lowest BCUT2D eigenvalue weighted by molar-refractivity contribution is -0.164. The van der Waals surface area contributed by atoms with E-state index in [1.165, 1.54) is 32.2 Å². The zero-order valence-electron chi connectivity index (χ0n) is 18.7. The molecule has 168 valence electrons. The van der Waals surface area contributed by atoms with E-state index in [4.69, 9.17) is 14.2 Å². The monoisotopic (exact) mass is 421 g/mol. The summed E-state index contributed by atoms with van der Waals surface area (Å²) >= 11 is 0. The molecule has 0 amide bonds. The molecule has 1 saturated carbocycles. The lowest BCUT2D eigenvalue weighted by Crippen LogP contribution is -2.38. The van der Waals surface area contributed by atoms with Crippen molar-refractivity contribution in [1.82, 2.24) is 4.98 Å². The molecule has 3 atom stereocenters. The Morgan fingerprint density at radius 3 is 2.47 bits per heavy atom. The van der Waals surface area contributed by atoms with E-state index in [9.17, 15) is 14.7 Å². The van der Waals surface area contributed by atoms with Gasteiger partial charge < -0.3 is 19.3 Å². The van der Waals surface area contributed by atoms with Crippen LogP contribution in [0.25, 0.3) is 0 Å². The van der Waals surface area contributed by atoms with Crippen LogP contribution >= 0.6 is 0 Å². The predicted octanol–water partition coefficient (Wildman–Crippen LogP) is 4.17. The van der Waals surface area contributed by atoms with E-state index in [1.807, 2.05) is 6.92 Å². The van der Waals surface area contributed by atoms with Gasteiger partial charge in [-0.05, 0) is 31.6 Å². The van der Waals surface area contributed by atoms with Gasteiger partial charge in [-0.2, -0.15) is 0 Å². The van der Waals surface area contributed by atoms with Crippen LogP contribution in [0.5, 0.6) is 11.5 Å². The Hall–Kier alpha value is -2.15. The number of hydrogen-bond donors (Lipinski definition) is 1. The summed E-state index contributed by atoms with van der Waals surface area (Å²) in [6.07, 6.45) is 5.01. The zero-order chi connectivity index (χ0) is 22.3. The van der Waals surface area contributed by atoms with Gasteiger partial charge in [-0.3, -0.25) is 9.59 Å². The van der Waals surface area contributed by atoms with Crippen LogP contribution < -0.4 is 4.74 Å². The summed E-state index contributed by atoms with van der Waals surface area (Å²) in [5.74, 6) is -0.780. The van der Waals surface area contributed by atoms with Gasteiger partial charge in [0.25, 0.3) is 0 Å². The normalized spacial score (nSPS) is 16.7. The lowest BCUT2D eigenvalue weighted by atomic mass is 9.93. The van der Waals surface area contributed by atoms with Gasteiger partial charge in [0, 0.05) is 25.3 Å². The summed E-state index contributed by atoms with van der Waals surface area (Å²) in [5.41, 5.74) is -0.107. The first-order valence-electron chi connectivity index (χ1n) is 10.9. The smallest absolute Gasteiger partial charge is 0.309 e. The maximum Gasteiger partial charge on any atom is 0.309 e. The molecule has 7 heteroatoms. The van der Waals surface area contributed by atoms with Crippen molar-refractivity contribution in [3.63, 3.8) is 0 Å². The van der Waals surface area contributed by atoms with Crippen LogP contribution in [0.15, 0.2) is 12.3 Å². The van der Waals surface area contributed by atoms with Crippen molar-refractivity contribution in [2.75, 3.05) is 13.7 Å². The molecule has 1 aliphatic carbocycles. The predicted molar refractivity (Wildman–Crippen MR) is 113 cm³/mol. The van der Waals surface area contributed by atoms with Gasteiger partial charge in [0.2, 0.25) is 0 Å². The fourth-order valence-electron chi connectivity index (χ4n) is 3.57. The molecule has 0 aromatic carbocycles. The molecule has 0 spiro atoms. The van der Waals surface area contributed by atoms with Crippen molar-refractivity contribution in [2.24, 2.45) is 17.8 Å². The number of ketones is 1. The third-order valence-electron chi connectivity index (χ3n) is 5.76. The Morgan fingerprint density at radius 2 is 1.90 bits per heavy atom. The molecule has 30 heavy (non-hydrogen) atoms. The van der Waals surface area contributed by atoms with Gasteiger partial charge >= 0.3 is 5.97 Å². The van der Waals surface area contributed by atoms with E-state index in [0.717, 1.165) is 12.8 Å². The number of hydrogen-bond acceptors (Lipinski definition) is 7. The maximum absolute atomic E-state index is 12.6. The highest BCUT2D eigenvalue weighted by atomic mass is 16.6. The van der Waals surface area contributed by atoms with E-state index in [0.29, 0.717) is 18.4 Å². The molecule has 7 nitrogen and oxygen atoms in total. The molecule has 1 aliphatic rings. The second kappa shape index (κ2) is 11.3. The fraction of sp³-hybridized carbons (Fsp3) is 0.696. The second-order valence-corrected chi connectivity index (χ2v) is 8.20. The van der Waals surface area contributed by atoms with Crippen LogP contribution in [0.2, 0.25) is 0 Å². The maximum atomic E-state index is 12.6. The molecule has 0 saturated heterocycles. The van der Waals surface area contributed by atoms with Crippen molar-refractivity contribution in [3.8, 4) is 11.5 Å². The number of pyridine rings is 1. The van der Waals surface area contributed by atoms with E-state index >= 15 is 0 Å². The largest absolute Gasteiger partial charge is 0.503 e. The summed E-state index contributed by atoms with van der Waals surface area (Å²) in [7, 11) is 1.40. The van der Waals surface area contributed by atoms with Gasteiger partial charge in [-0.1, -0.05) is 33.6 Å². The molecule has 2 rings (SSSR count). The SMILES string of the molecule is CCC(CC)[C@@H](OCC1CC1)[C@H](C)OC(=O)[C@H](C)CC(=O)c1nccc(OC)c1O. The molecule has 0 radical (unpaired) electrons. The van der Waals surface area contributed by atoms with Crippen LogP contribution in [0.1, 0.15) is 70.3 Å². The van der Waals surface area contributed by atoms with Crippen molar-refractivity contribution < 1.29 is 28.9 Å². The second-order valence-electron chi connectivity index (χ2n) is 8.20. The molecular weight excluding hydrogens is 386 g/mol. The minimum atomic E-state index is -0.668. The summed E-state index contributed by atoms with van der Waals surface area (Å²) in [4.78, 5) is 29.1. The molecule has 1 aromatic rings. The Labute approximate surface area is 179 Å². The van der Waals surface area contributed by atoms with Crippen molar-refractivity contribution >= 4 is 11.8 Å². The van der Waals surface area contributed by atoms with E-state index < -0.39 is 23.8 Å². The Bertz CT molecular complexity index is 714. The number of aromatic hydroxyl groups is 1. The standard InChI is InChI=1S/C23H35NO6/c1-6-17(7-2)22(29-13-16-8-9-16)15(4)30-23(27)14(3)12-18(25)20-21(26)19(28-5)10-11-24-20/h10-11,14-17,22,26H,6-9,12-13H2,1-5H3/t14-,15+,22+/m1/s1. The number of Topliss-reactive ketones (excluding diaryl/α,β-unsaturated/α-hetero) is 1. The highest BCUT2D eigenvalue weighted by molar-refractivity contribution is 5.99. The van der Waals surface area contributed by atoms with Gasteiger partial charge in [-0.25, -0.2) is 4.98 Å². The Balaban J connectivity index is 1.97. The summed E-state index contributed by atoms with van der Waals surface area (Å²) in [5, 5.41) is 10.1. The highest BCUT2D eigenvalue weighted by Crippen LogP contribution is 2.32. The Kier molecular flexibility index (Phi) is 9.08. The first-order valence-corrected chi connectivity index (χ1v) is 10.9. The average molecular weight is 422 g/mol. The van der Waals surface area contributed by atoms with Crippen LogP contribution in [0.3, 0.4) is 0 Å². The Morgan fingerprint density at radius 1 is 1.23 bits per heavy atom. The zero-order valence-corrected chi connectivity index (χ0v) is 18.7. The number of rotatable bonds is 13. The van der Waals surface area contributed by atoms with Gasteiger partial charge in [0.1, 0.15) is 6.10 Å². The lowest BCUT2D eigenvalue weighted by Gasteiger charge is -2.31. The van der Waals surface area contributed by atoms with Crippen molar-refractivity contribution in [2.45, 2.75) is 72.0 Å². The highest BCUT2D eigenvalue weighted by Gasteiger charge is 2.32. The molecule has 0 aliphatic heterocycles. The quantitative estimate of drug-likeness (QED) is 0.377. The van der Waals surface area contributed by atoms with Crippen LogP contribution in [-0.2, 0) is 14.3 Å². The van der Waals surface area contributed by atoms with E-state index in [1.54, 1.807) is 6.92 Å². The average Bonchev–Trinajstić information content (AvgIpc) is 3.55. The first kappa shape index (κ1) is 24.1. The third-order valence-corrected chi connectivity index (χ3v) is 5.76. The number of methoxy groups -OCH3 is 1. The first-order chi connectivity index (χ1) is 14.3. The number of carbonyl (C=O) groups excluding carboxylic acids is 2. The van der Waals surface area contributed by atoms with Crippen LogP contribution in [0.4, 0.5) is 0 Å². The van der Waals surface area contributed by atoms with Crippen molar-refractivity contribution in [3.05, 3.63) is 18.0 Å². The number of ether oxygens (including phenoxy) is 3. The van der Waals surface area contributed by atoms with E-state index in [-0.39, 0.29) is 29.7 Å². The fourth-order valence-corrected chi connectivity index (χ4v) is 3.57. The van der Waals surface area contributed by atoms with Crippen LogP contribution in [0, 0.1) is 17.8 Å². The van der Waals surface area contributed by atoms with Crippen LogP contribution in [-0.4, -0.2) is 47.8 Å². The van der Waals surface area contributed by atoms with Gasteiger partial charge in [0.05, 0.1) is 19.1 Å². The number of aromatic nitrogens is 1. The molecule has 1 N–H and O–H groups in total. The minimum Gasteiger partial charge on any atom is -0.503 e. The number of carbonyl (C=O) groups is 2. The summed E-state index contributed by atoms with van der Waals surface area (Å²) in [6.45, 7) is 8.44. The van der Waals surface area contributed by atoms with E-state index in [2.05, 4.69) is 18.8 Å². The van der Waals surface area contributed by atoms with Crippen molar-refractivity contribution in [1.29, 1.82) is 0 Å². The summed E-state index contributed by atoms with van der Waals surface area (Å²) < 4.78 is 16.8. The minimum absolute atomic E-state index is 0.107. The van der Waals surface area contributed by atoms with Gasteiger partial charge in [-0.15, -0.1) is 0 Å².